The topological polar surface area (TPSA) is 63.4 Å². The molecule has 0 aromatic carbocycles. The van der Waals surface area contributed by atoms with Crippen LogP contribution in [0.1, 0.15) is 18.3 Å². The first-order valence-corrected chi connectivity index (χ1v) is 6.12. The van der Waals surface area contributed by atoms with Gasteiger partial charge >= 0.3 is 0 Å². The van der Waals surface area contributed by atoms with Crippen molar-refractivity contribution < 1.29 is 9.37 Å². The number of aromatic nitrogens is 2. The van der Waals surface area contributed by atoms with Crippen LogP contribution < -0.4 is 5.32 Å². The van der Waals surface area contributed by atoms with Crippen LogP contribution >= 0.6 is 0 Å². The maximum atomic E-state index is 5.70. The molecule has 2 heterocycles. The van der Waals surface area contributed by atoms with Crippen LogP contribution in [0.3, 0.4) is 0 Å². The van der Waals surface area contributed by atoms with Gasteiger partial charge < -0.3 is 10.1 Å². The molecule has 1 saturated heterocycles. The van der Waals surface area contributed by atoms with Gasteiger partial charge in [0.1, 0.15) is 11.4 Å². The van der Waals surface area contributed by atoms with Crippen LogP contribution in [0.15, 0.2) is 4.63 Å². The first-order valence-electron chi connectivity index (χ1n) is 6.12. The number of hydrogen-bond acceptors (Lipinski definition) is 6. The lowest BCUT2D eigenvalue weighted by Crippen LogP contribution is -2.46. The summed E-state index contributed by atoms with van der Waals surface area (Å²) in [5, 5.41) is 10.9. The molecule has 6 heteroatoms. The van der Waals surface area contributed by atoms with E-state index in [0.29, 0.717) is 6.54 Å². The summed E-state index contributed by atoms with van der Waals surface area (Å²) in [6.45, 7) is 9.55. The second-order valence-corrected chi connectivity index (χ2v) is 4.31. The van der Waals surface area contributed by atoms with Gasteiger partial charge in [0.25, 0.3) is 0 Å². The zero-order valence-corrected chi connectivity index (χ0v) is 10.5. The van der Waals surface area contributed by atoms with Gasteiger partial charge in [0.05, 0.1) is 12.7 Å². The Kier molecular flexibility index (Phi) is 4.47. The van der Waals surface area contributed by atoms with E-state index in [1.54, 1.807) is 0 Å². The summed E-state index contributed by atoms with van der Waals surface area (Å²) in [5.74, 6) is 0. The van der Waals surface area contributed by atoms with Crippen molar-refractivity contribution in [3.63, 3.8) is 0 Å². The van der Waals surface area contributed by atoms with Gasteiger partial charge in [-0.3, -0.25) is 4.90 Å². The molecule has 1 aromatic heterocycles. The van der Waals surface area contributed by atoms with Crippen LogP contribution in [0.2, 0.25) is 0 Å². The van der Waals surface area contributed by atoms with E-state index >= 15 is 0 Å². The van der Waals surface area contributed by atoms with E-state index in [1.807, 2.05) is 6.92 Å². The van der Waals surface area contributed by atoms with Gasteiger partial charge in [0, 0.05) is 26.2 Å². The summed E-state index contributed by atoms with van der Waals surface area (Å²) in [6.07, 6.45) is 0.267. The summed E-state index contributed by atoms with van der Waals surface area (Å²) in [6, 6.07) is 0. The minimum Gasteiger partial charge on any atom is -0.374 e. The normalized spacial score (nSPS) is 21.9. The molecule has 0 aliphatic carbocycles. The fourth-order valence-electron chi connectivity index (χ4n) is 1.95. The van der Waals surface area contributed by atoms with E-state index in [1.165, 1.54) is 0 Å². The predicted octanol–water partition coefficient (Wildman–Crippen LogP) is 0.188. The fraction of sp³-hybridized carbons (Fsp3) is 0.818. The predicted molar refractivity (Wildman–Crippen MR) is 62.6 cm³/mol. The van der Waals surface area contributed by atoms with Crippen LogP contribution in [0.5, 0.6) is 0 Å². The molecule has 96 valence electrons. The SMILES string of the molecule is CCN1CCOC(CNCc2nonc2C)C1. The third-order valence-electron chi connectivity index (χ3n) is 3.08. The van der Waals surface area contributed by atoms with Gasteiger partial charge in [-0.2, -0.15) is 0 Å². The van der Waals surface area contributed by atoms with Crippen molar-refractivity contribution >= 4 is 0 Å². The second kappa shape index (κ2) is 6.09. The van der Waals surface area contributed by atoms with E-state index in [-0.39, 0.29) is 6.10 Å². The highest BCUT2D eigenvalue weighted by atomic mass is 16.6. The Bertz CT molecular complexity index is 342. The van der Waals surface area contributed by atoms with Crippen LogP contribution in [0.4, 0.5) is 0 Å². The molecule has 1 aliphatic rings. The lowest BCUT2D eigenvalue weighted by atomic mass is 10.2. The molecule has 1 N–H and O–H groups in total. The summed E-state index contributed by atoms with van der Waals surface area (Å²) in [5.41, 5.74) is 1.71. The molecule has 1 atom stereocenters. The lowest BCUT2D eigenvalue weighted by molar-refractivity contribution is -0.0254. The molecule has 0 radical (unpaired) electrons. The molecular formula is C11H20N4O2. The van der Waals surface area contributed by atoms with E-state index in [2.05, 4.69) is 32.1 Å². The molecule has 2 rings (SSSR count). The van der Waals surface area contributed by atoms with Crippen molar-refractivity contribution in [2.75, 3.05) is 32.8 Å². The van der Waals surface area contributed by atoms with Crippen molar-refractivity contribution in [3.8, 4) is 0 Å². The van der Waals surface area contributed by atoms with Gasteiger partial charge in [-0.1, -0.05) is 17.2 Å². The Balaban J connectivity index is 1.70. The number of rotatable bonds is 5. The van der Waals surface area contributed by atoms with Crippen molar-refractivity contribution in [2.45, 2.75) is 26.5 Å². The first-order chi connectivity index (χ1) is 8.29. The van der Waals surface area contributed by atoms with Crippen molar-refractivity contribution in [1.29, 1.82) is 0 Å². The molecule has 6 nitrogen and oxygen atoms in total. The van der Waals surface area contributed by atoms with E-state index in [0.717, 1.165) is 44.2 Å². The number of morpholine rings is 1. The zero-order chi connectivity index (χ0) is 12.1. The van der Waals surface area contributed by atoms with Gasteiger partial charge in [-0.15, -0.1) is 0 Å². The number of hydrogen-bond donors (Lipinski definition) is 1. The Morgan fingerprint density at radius 1 is 1.47 bits per heavy atom. The number of nitrogens with one attached hydrogen (secondary N) is 1. The summed E-state index contributed by atoms with van der Waals surface area (Å²) < 4.78 is 10.3. The highest BCUT2D eigenvalue weighted by Gasteiger charge is 2.18. The molecule has 1 aromatic rings. The average Bonchev–Trinajstić information content (AvgIpc) is 2.76. The Hall–Kier alpha value is -0.980. The summed E-state index contributed by atoms with van der Waals surface area (Å²) >= 11 is 0. The molecule has 17 heavy (non-hydrogen) atoms. The van der Waals surface area contributed by atoms with Crippen LogP contribution in [-0.4, -0.2) is 54.1 Å². The Labute approximate surface area is 101 Å². The zero-order valence-electron chi connectivity index (χ0n) is 10.5. The van der Waals surface area contributed by atoms with Gasteiger partial charge in [-0.25, -0.2) is 4.63 Å². The third-order valence-corrected chi connectivity index (χ3v) is 3.08. The maximum absolute atomic E-state index is 5.70. The summed E-state index contributed by atoms with van der Waals surface area (Å²) in [4.78, 5) is 2.40. The lowest BCUT2D eigenvalue weighted by Gasteiger charge is -2.32. The van der Waals surface area contributed by atoms with Crippen LogP contribution in [-0.2, 0) is 11.3 Å². The minimum absolute atomic E-state index is 0.267. The molecule has 0 spiro atoms. The quantitative estimate of drug-likeness (QED) is 0.792. The van der Waals surface area contributed by atoms with Crippen LogP contribution in [0, 0.1) is 6.92 Å². The fourth-order valence-corrected chi connectivity index (χ4v) is 1.95. The third kappa shape index (κ3) is 3.49. The monoisotopic (exact) mass is 240 g/mol. The molecule has 0 amide bonds. The van der Waals surface area contributed by atoms with Gasteiger partial charge in [0.2, 0.25) is 0 Å². The van der Waals surface area contributed by atoms with Crippen LogP contribution in [0.25, 0.3) is 0 Å². The molecule has 1 fully saturated rings. The number of ether oxygens (including phenoxy) is 1. The largest absolute Gasteiger partial charge is 0.374 e. The first kappa shape index (κ1) is 12.5. The van der Waals surface area contributed by atoms with Crippen molar-refractivity contribution in [3.05, 3.63) is 11.4 Å². The second-order valence-electron chi connectivity index (χ2n) is 4.31. The van der Waals surface area contributed by atoms with Gasteiger partial charge in [0.15, 0.2) is 0 Å². The van der Waals surface area contributed by atoms with Crippen molar-refractivity contribution in [2.24, 2.45) is 0 Å². The number of nitrogens with zero attached hydrogens (tertiary/aromatic N) is 3. The minimum atomic E-state index is 0.267. The molecule has 1 aliphatic heterocycles. The average molecular weight is 240 g/mol. The highest BCUT2D eigenvalue weighted by molar-refractivity contribution is 5.03. The Morgan fingerprint density at radius 3 is 3.06 bits per heavy atom. The molecule has 1 unspecified atom stereocenters. The van der Waals surface area contributed by atoms with E-state index < -0.39 is 0 Å². The maximum Gasteiger partial charge on any atom is 0.121 e. The molecular weight excluding hydrogens is 220 g/mol. The highest BCUT2D eigenvalue weighted by Crippen LogP contribution is 2.04. The summed E-state index contributed by atoms with van der Waals surface area (Å²) in [7, 11) is 0. The molecule has 0 saturated carbocycles. The van der Waals surface area contributed by atoms with E-state index in [4.69, 9.17) is 4.74 Å². The number of likely N-dealkylation sites (N-methyl/N-ethyl adjacent to an activating group) is 1. The molecule has 0 bridgehead atoms. The number of aryl methyl sites for hydroxylation is 1. The van der Waals surface area contributed by atoms with E-state index in [9.17, 15) is 0 Å². The smallest absolute Gasteiger partial charge is 0.121 e. The van der Waals surface area contributed by atoms with Crippen molar-refractivity contribution in [1.82, 2.24) is 20.5 Å². The Morgan fingerprint density at radius 2 is 2.35 bits per heavy atom. The standard InChI is InChI=1S/C11H20N4O2/c1-3-15-4-5-16-10(8-15)6-12-7-11-9(2)13-17-14-11/h10,12H,3-8H2,1-2H3. The van der Waals surface area contributed by atoms with Gasteiger partial charge in [-0.05, 0) is 13.5 Å².